The first-order chi connectivity index (χ1) is 20.4. The number of Topliss-reactive ketones (excluding diaryl/α,β-unsaturated/α-hetero) is 1. The predicted molar refractivity (Wildman–Crippen MR) is 160 cm³/mol. The summed E-state index contributed by atoms with van der Waals surface area (Å²) in [7, 11) is 1.89. The number of hydrogen-bond donors (Lipinski definition) is 1. The quantitative estimate of drug-likeness (QED) is 0.157. The molecule has 2 heterocycles. The molecule has 42 heavy (non-hydrogen) atoms. The van der Waals surface area contributed by atoms with Crippen molar-refractivity contribution in [2.24, 2.45) is 10.2 Å². The maximum Gasteiger partial charge on any atom is 0.255 e. The zero-order valence-electron chi connectivity index (χ0n) is 24.6. The fourth-order valence-electron chi connectivity index (χ4n) is 5.26. The number of hydrogen-bond acceptors (Lipinski definition) is 8. The van der Waals surface area contributed by atoms with E-state index in [9.17, 15) is 19.2 Å². The molecule has 0 aliphatic carbocycles. The third-order valence-corrected chi connectivity index (χ3v) is 7.67. The lowest BCUT2D eigenvalue weighted by atomic mass is 10.0. The number of imide groups is 1. The van der Waals surface area contributed by atoms with Crippen LogP contribution in [0.5, 0.6) is 0 Å². The minimum absolute atomic E-state index is 0.173. The Hall–Kier alpha value is -3.92. The smallest absolute Gasteiger partial charge is 0.255 e. The van der Waals surface area contributed by atoms with E-state index in [0.717, 1.165) is 25.1 Å². The number of amides is 3. The number of likely N-dealkylation sites (N-methyl/N-ethyl adjacent to an activating group) is 1. The first-order valence-corrected chi connectivity index (χ1v) is 15.0. The zero-order valence-corrected chi connectivity index (χ0v) is 24.6. The number of ether oxygens (including phenoxy) is 1. The van der Waals surface area contributed by atoms with Gasteiger partial charge in [0.1, 0.15) is 6.04 Å². The van der Waals surface area contributed by atoms with Crippen LogP contribution >= 0.6 is 0 Å². The van der Waals surface area contributed by atoms with Gasteiger partial charge in [-0.15, -0.1) is 0 Å². The van der Waals surface area contributed by atoms with Crippen molar-refractivity contribution < 1.29 is 23.9 Å². The largest absolute Gasteiger partial charge is 0.381 e. The summed E-state index contributed by atoms with van der Waals surface area (Å²) in [5, 5.41) is 11.1. The van der Waals surface area contributed by atoms with Crippen molar-refractivity contribution in [1.82, 2.24) is 10.2 Å². The second kappa shape index (κ2) is 15.3. The zero-order chi connectivity index (χ0) is 29.9. The summed E-state index contributed by atoms with van der Waals surface area (Å²) in [6, 6.07) is 12.0. The Labute approximate surface area is 247 Å². The van der Waals surface area contributed by atoms with Gasteiger partial charge in [0.25, 0.3) is 5.91 Å². The lowest BCUT2D eigenvalue weighted by Gasteiger charge is -2.29. The first kappa shape index (κ1) is 31.0. The van der Waals surface area contributed by atoms with E-state index in [2.05, 4.69) is 22.5 Å². The molecule has 2 aromatic carbocycles. The highest BCUT2D eigenvalue weighted by atomic mass is 16.5. The van der Waals surface area contributed by atoms with Crippen molar-refractivity contribution in [3.8, 4) is 0 Å². The number of azo groups is 1. The Kier molecular flexibility index (Phi) is 11.3. The van der Waals surface area contributed by atoms with Crippen molar-refractivity contribution in [3.63, 3.8) is 0 Å². The molecule has 1 N–H and O–H groups in total. The summed E-state index contributed by atoms with van der Waals surface area (Å²) in [4.78, 5) is 52.7. The van der Waals surface area contributed by atoms with Gasteiger partial charge in [-0.3, -0.25) is 24.5 Å². The number of unbranched alkanes of at least 4 members (excludes halogenated alkanes) is 4. The summed E-state index contributed by atoms with van der Waals surface area (Å²) in [6.45, 7) is 4.16. The molecular weight excluding hydrogens is 534 g/mol. The fourth-order valence-corrected chi connectivity index (χ4v) is 5.26. The molecule has 0 spiro atoms. The van der Waals surface area contributed by atoms with Crippen LogP contribution in [0.15, 0.2) is 52.7 Å². The maximum atomic E-state index is 13.0. The van der Waals surface area contributed by atoms with Crippen LogP contribution in [0.25, 0.3) is 0 Å². The fraction of sp³-hybridized carbons (Fsp3) is 0.500. The predicted octanol–water partition coefficient (Wildman–Crippen LogP) is 5.64. The topological polar surface area (TPSA) is 121 Å². The summed E-state index contributed by atoms with van der Waals surface area (Å²) < 4.78 is 5.66. The minimum atomic E-state index is -0.678. The number of nitrogens with one attached hydrogen (secondary N) is 1. The molecule has 224 valence electrons. The lowest BCUT2D eigenvalue weighted by molar-refractivity contribution is -0.137. The average Bonchev–Trinajstić information content (AvgIpc) is 3.32. The molecule has 4 rings (SSSR count). The maximum absolute atomic E-state index is 13.0. The van der Waals surface area contributed by atoms with E-state index < -0.39 is 11.9 Å². The Bertz CT molecular complexity index is 1290. The van der Waals surface area contributed by atoms with Gasteiger partial charge in [-0.2, -0.15) is 10.2 Å². The first-order valence-electron chi connectivity index (χ1n) is 15.0. The third-order valence-electron chi connectivity index (χ3n) is 7.67. The SMILES string of the molecule is CCCCCCCOCCCC(=O)CN(C)c1ccc(N=Nc2cccc3c2CN(C2CCC(=O)NC2=O)C3=O)cc1. The van der Waals surface area contributed by atoms with Gasteiger partial charge in [-0.1, -0.05) is 38.7 Å². The molecule has 1 atom stereocenters. The number of ketones is 1. The number of carbonyl (C=O) groups is 4. The number of nitrogens with zero attached hydrogens (tertiary/aromatic N) is 4. The second-order valence-corrected chi connectivity index (χ2v) is 10.9. The highest BCUT2D eigenvalue weighted by Gasteiger charge is 2.39. The Balaban J connectivity index is 1.25. The Morgan fingerprint density at radius 2 is 1.76 bits per heavy atom. The van der Waals surface area contributed by atoms with Gasteiger partial charge in [-0.05, 0) is 55.7 Å². The van der Waals surface area contributed by atoms with Gasteiger partial charge >= 0.3 is 0 Å². The van der Waals surface area contributed by atoms with Crippen LogP contribution in [-0.4, -0.2) is 61.3 Å². The van der Waals surface area contributed by atoms with Crippen LogP contribution in [0, 0.1) is 0 Å². The van der Waals surface area contributed by atoms with Gasteiger partial charge in [0.2, 0.25) is 11.8 Å². The van der Waals surface area contributed by atoms with Gasteiger partial charge in [-0.25, -0.2) is 0 Å². The monoisotopic (exact) mass is 575 g/mol. The molecule has 0 bridgehead atoms. The third kappa shape index (κ3) is 8.31. The molecule has 2 aromatic rings. The number of rotatable bonds is 16. The lowest BCUT2D eigenvalue weighted by Crippen LogP contribution is -2.52. The van der Waals surface area contributed by atoms with Crippen LogP contribution in [-0.2, 0) is 25.7 Å². The molecule has 0 saturated carbocycles. The van der Waals surface area contributed by atoms with Crippen molar-refractivity contribution in [2.75, 3.05) is 31.7 Å². The van der Waals surface area contributed by atoms with Gasteiger partial charge in [0, 0.05) is 56.5 Å². The van der Waals surface area contributed by atoms with Crippen molar-refractivity contribution in [2.45, 2.75) is 77.3 Å². The van der Waals surface area contributed by atoms with Crippen LogP contribution < -0.4 is 10.2 Å². The molecule has 2 aliphatic rings. The highest BCUT2D eigenvalue weighted by Crippen LogP contribution is 2.34. The van der Waals surface area contributed by atoms with Crippen molar-refractivity contribution in [3.05, 3.63) is 53.6 Å². The van der Waals surface area contributed by atoms with Crippen molar-refractivity contribution >= 4 is 40.6 Å². The number of benzene rings is 2. The summed E-state index contributed by atoms with van der Waals surface area (Å²) in [5.41, 5.74) is 3.30. The number of fused-ring (bicyclic) bond motifs is 1. The van der Waals surface area contributed by atoms with Gasteiger partial charge in [0.05, 0.1) is 17.9 Å². The normalized spacial score (nSPS) is 16.7. The molecule has 1 fully saturated rings. The Morgan fingerprint density at radius 3 is 2.52 bits per heavy atom. The summed E-state index contributed by atoms with van der Waals surface area (Å²) in [6.07, 6.45) is 7.82. The van der Waals surface area contributed by atoms with Crippen LogP contribution in [0.1, 0.15) is 80.6 Å². The van der Waals surface area contributed by atoms with Crippen LogP contribution in [0.3, 0.4) is 0 Å². The number of anilines is 1. The average molecular weight is 576 g/mol. The van der Waals surface area contributed by atoms with E-state index in [0.29, 0.717) is 48.5 Å². The van der Waals surface area contributed by atoms with E-state index in [1.54, 1.807) is 18.2 Å². The highest BCUT2D eigenvalue weighted by molar-refractivity contribution is 6.06. The van der Waals surface area contributed by atoms with E-state index in [1.165, 1.54) is 30.6 Å². The molecule has 10 heteroatoms. The number of carbonyl (C=O) groups excluding carboxylic acids is 4. The van der Waals surface area contributed by atoms with Crippen LogP contribution in [0.2, 0.25) is 0 Å². The Morgan fingerprint density at radius 1 is 1.00 bits per heavy atom. The van der Waals surface area contributed by atoms with Crippen molar-refractivity contribution in [1.29, 1.82) is 0 Å². The molecule has 0 radical (unpaired) electrons. The second-order valence-electron chi connectivity index (χ2n) is 10.9. The summed E-state index contributed by atoms with van der Waals surface area (Å²) in [5.74, 6) is -0.835. The van der Waals surface area contributed by atoms with E-state index >= 15 is 0 Å². The molecule has 3 amide bonds. The molecule has 1 unspecified atom stereocenters. The minimum Gasteiger partial charge on any atom is -0.381 e. The summed E-state index contributed by atoms with van der Waals surface area (Å²) >= 11 is 0. The van der Waals surface area contributed by atoms with Crippen LogP contribution in [0.4, 0.5) is 17.1 Å². The van der Waals surface area contributed by atoms with E-state index in [-0.39, 0.29) is 30.6 Å². The molecule has 1 saturated heterocycles. The molecule has 10 nitrogen and oxygen atoms in total. The number of piperidine rings is 1. The van der Waals surface area contributed by atoms with E-state index in [4.69, 9.17) is 4.74 Å². The molecular formula is C32H41N5O5. The van der Waals surface area contributed by atoms with Gasteiger partial charge in [0.15, 0.2) is 5.78 Å². The molecule has 2 aliphatic heterocycles. The van der Waals surface area contributed by atoms with Gasteiger partial charge < -0.3 is 14.5 Å². The molecule has 0 aromatic heterocycles. The van der Waals surface area contributed by atoms with E-state index in [1.807, 2.05) is 36.2 Å². The standard InChI is InChI=1S/C32H41N5O5/c1-3-4-5-6-7-19-42-20-9-10-25(38)21-36(2)24-15-13-23(14-16-24)34-35-28-12-8-11-26-27(28)22-37(32(26)41)29-17-18-30(39)33-31(29)40/h8,11-16,29H,3-7,9-10,17-22H2,1-2H3,(H,33,39,40).